The molecule has 0 aliphatic heterocycles. The zero-order valence-electron chi connectivity index (χ0n) is 22.0. The lowest BCUT2D eigenvalue weighted by molar-refractivity contribution is -0.139. The molecule has 1 aliphatic carbocycles. The lowest BCUT2D eigenvalue weighted by atomic mass is 10.0. The summed E-state index contributed by atoms with van der Waals surface area (Å²) < 4.78 is 26.5. The summed E-state index contributed by atoms with van der Waals surface area (Å²) >= 11 is 0. The van der Waals surface area contributed by atoms with E-state index in [9.17, 15) is 18.0 Å². The molecular weight excluding hydrogens is 474 g/mol. The number of hydrogen-bond acceptors (Lipinski definition) is 4. The van der Waals surface area contributed by atoms with Crippen molar-refractivity contribution in [1.29, 1.82) is 0 Å². The monoisotopic (exact) mass is 513 g/mol. The molecule has 0 heterocycles. The molecule has 1 fully saturated rings. The number of rotatable bonds is 10. The maximum absolute atomic E-state index is 13.6. The summed E-state index contributed by atoms with van der Waals surface area (Å²) in [6, 6.07) is 14.4. The molecule has 2 aromatic carbocycles. The summed E-state index contributed by atoms with van der Waals surface area (Å²) in [6.45, 7) is 7.65. The van der Waals surface area contributed by atoms with Gasteiger partial charge in [-0.1, -0.05) is 68.7 Å². The Morgan fingerprint density at radius 2 is 1.56 bits per heavy atom. The van der Waals surface area contributed by atoms with Gasteiger partial charge in [0.25, 0.3) is 0 Å². The third kappa shape index (κ3) is 7.32. The average Bonchev–Trinajstić information content (AvgIpc) is 3.34. The van der Waals surface area contributed by atoms with Gasteiger partial charge in [0.15, 0.2) is 0 Å². The molecule has 1 atom stereocenters. The summed E-state index contributed by atoms with van der Waals surface area (Å²) in [4.78, 5) is 28.2. The van der Waals surface area contributed by atoms with Gasteiger partial charge < -0.3 is 10.2 Å². The van der Waals surface area contributed by atoms with E-state index < -0.39 is 22.0 Å². The highest BCUT2D eigenvalue weighted by Crippen LogP contribution is 2.23. The van der Waals surface area contributed by atoms with Gasteiger partial charge >= 0.3 is 0 Å². The summed E-state index contributed by atoms with van der Waals surface area (Å²) in [6.07, 6.45) is 5.16. The second-order valence-electron chi connectivity index (χ2n) is 10.2. The fourth-order valence-corrected chi connectivity index (χ4v) is 5.35. The first-order valence-corrected chi connectivity index (χ1v) is 14.5. The predicted molar refractivity (Wildman–Crippen MR) is 144 cm³/mol. The van der Waals surface area contributed by atoms with Crippen LogP contribution in [0.1, 0.15) is 69.1 Å². The molecule has 0 bridgehead atoms. The Kier molecular flexibility index (Phi) is 9.17. The molecule has 1 N–H and O–H groups in total. The second-order valence-corrected chi connectivity index (χ2v) is 12.1. The van der Waals surface area contributed by atoms with Crippen LogP contribution in [0.2, 0.25) is 0 Å². The Morgan fingerprint density at radius 1 is 0.972 bits per heavy atom. The minimum Gasteiger partial charge on any atom is -0.352 e. The smallest absolute Gasteiger partial charge is 0.244 e. The molecule has 2 aromatic rings. The number of carbonyl (C=O) groups excluding carboxylic acids is 2. The predicted octanol–water partition coefficient (Wildman–Crippen LogP) is 4.36. The largest absolute Gasteiger partial charge is 0.352 e. The molecule has 2 amide bonds. The maximum atomic E-state index is 13.6. The summed E-state index contributed by atoms with van der Waals surface area (Å²) in [7, 11) is -3.74. The van der Waals surface area contributed by atoms with Crippen LogP contribution in [0.25, 0.3) is 0 Å². The molecule has 0 aromatic heterocycles. The molecule has 1 unspecified atom stereocenters. The highest BCUT2D eigenvalue weighted by molar-refractivity contribution is 7.92. The van der Waals surface area contributed by atoms with E-state index >= 15 is 0 Å². The van der Waals surface area contributed by atoms with Crippen molar-refractivity contribution in [2.45, 2.75) is 77.9 Å². The highest BCUT2D eigenvalue weighted by atomic mass is 32.2. The molecular formula is C28H39N3O4S. The molecule has 1 saturated carbocycles. The number of aryl methyl sites for hydroxylation is 1. The van der Waals surface area contributed by atoms with Crippen molar-refractivity contribution in [3.8, 4) is 0 Å². The van der Waals surface area contributed by atoms with Crippen molar-refractivity contribution < 1.29 is 18.0 Å². The first-order valence-electron chi connectivity index (χ1n) is 12.7. The van der Waals surface area contributed by atoms with Crippen LogP contribution in [-0.4, -0.2) is 50.0 Å². The van der Waals surface area contributed by atoms with Crippen LogP contribution in [0.4, 0.5) is 5.69 Å². The van der Waals surface area contributed by atoms with E-state index in [0.717, 1.165) is 52.9 Å². The van der Waals surface area contributed by atoms with Crippen LogP contribution >= 0.6 is 0 Å². The van der Waals surface area contributed by atoms with Gasteiger partial charge in [-0.3, -0.25) is 13.9 Å². The van der Waals surface area contributed by atoms with Crippen LogP contribution < -0.4 is 9.62 Å². The fourth-order valence-electron chi connectivity index (χ4n) is 4.50. The molecule has 36 heavy (non-hydrogen) atoms. The van der Waals surface area contributed by atoms with Crippen molar-refractivity contribution in [2.75, 3.05) is 17.1 Å². The SMILES string of the molecule is Cc1ccc(CN(C(=O)CN(c2ccc(C(C)C)cc2)S(C)(=O)=O)C(C)C(=O)NC2CCCC2)cc1. The van der Waals surface area contributed by atoms with Crippen molar-refractivity contribution in [3.63, 3.8) is 0 Å². The van der Waals surface area contributed by atoms with Gasteiger partial charge in [0.1, 0.15) is 12.6 Å². The van der Waals surface area contributed by atoms with Gasteiger partial charge in [-0.05, 0) is 55.9 Å². The number of anilines is 1. The van der Waals surface area contributed by atoms with Crippen molar-refractivity contribution in [2.24, 2.45) is 0 Å². The first kappa shape index (κ1) is 27.7. The maximum Gasteiger partial charge on any atom is 0.244 e. The number of nitrogens with zero attached hydrogens (tertiary/aromatic N) is 2. The normalized spacial score (nSPS) is 15.1. The zero-order chi connectivity index (χ0) is 26.5. The van der Waals surface area contributed by atoms with E-state index in [1.54, 1.807) is 19.1 Å². The van der Waals surface area contributed by atoms with E-state index in [1.807, 2.05) is 43.3 Å². The Labute approximate surface area is 215 Å². The highest BCUT2D eigenvalue weighted by Gasteiger charge is 2.31. The topological polar surface area (TPSA) is 86.8 Å². The van der Waals surface area contributed by atoms with Crippen LogP contribution in [-0.2, 0) is 26.2 Å². The Balaban J connectivity index is 1.86. The number of amides is 2. The van der Waals surface area contributed by atoms with Crippen LogP contribution in [0.15, 0.2) is 48.5 Å². The molecule has 7 nitrogen and oxygen atoms in total. The third-order valence-electron chi connectivity index (χ3n) is 6.87. The fraction of sp³-hybridized carbons (Fsp3) is 0.500. The average molecular weight is 514 g/mol. The van der Waals surface area contributed by atoms with Gasteiger partial charge in [-0.2, -0.15) is 0 Å². The molecule has 0 spiro atoms. The Bertz CT molecular complexity index is 1140. The number of sulfonamides is 1. The number of nitrogens with one attached hydrogen (secondary N) is 1. The minimum absolute atomic E-state index is 0.128. The summed E-state index contributed by atoms with van der Waals surface area (Å²) in [5.74, 6) is -0.339. The lowest BCUT2D eigenvalue weighted by Gasteiger charge is -2.32. The lowest BCUT2D eigenvalue weighted by Crippen LogP contribution is -2.52. The molecule has 3 rings (SSSR count). The Hall–Kier alpha value is -2.87. The van der Waals surface area contributed by atoms with Crippen LogP contribution in [0, 0.1) is 6.92 Å². The van der Waals surface area contributed by atoms with E-state index in [4.69, 9.17) is 0 Å². The minimum atomic E-state index is -3.74. The number of carbonyl (C=O) groups is 2. The van der Waals surface area contributed by atoms with Gasteiger partial charge in [0.05, 0.1) is 11.9 Å². The van der Waals surface area contributed by atoms with E-state index in [1.165, 1.54) is 4.90 Å². The first-order chi connectivity index (χ1) is 17.0. The molecule has 0 radical (unpaired) electrons. The van der Waals surface area contributed by atoms with Gasteiger partial charge in [-0.15, -0.1) is 0 Å². The van der Waals surface area contributed by atoms with E-state index in [2.05, 4.69) is 19.2 Å². The quantitative estimate of drug-likeness (QED) is 0.511. The summed E-state index contributed by atoms with van der Waals surface area (Å²) in [5, 5.41) is 3.08. The van der Waals surface area contributed by atoms with Crippen molar-refractivity contribution in [1.82, 2.24) is 10.2 Å². The van der Waals surface area contributed by atoms with E-state index in [-0.39, 0.29) is 25.0 Å². The van der Waals surface area contributed by atoms with E-state index in [0.29, 0.717) is 11.6 Å². The van der Waals surface area contributed by atoms with Crippen molar-refractivity contribution >= 4 is 27.5 Å². The number of hydrogen-bond donors (Lipinski definition) is 1. The number of benzene rings is 2. The molecule has 0 saturated heterocycles. The summed E-state index contributed by atoms with van der Waals surface area (Å²) in [5.41, 5.74) is 3.48. The standard InChI is InChI=1S/C28H39N3O4S/c1-20(2)24-14-16-26(17-15-24)31(36(5,34)35)19-27(32)30(18-23-12-10-21(3)11-13-23)22(4)28(33)29-25-8-6-7-9-25/h10-17,20,22,25H,6-9,18-19H2,1-5H3,(H,29,33). The van der Waals surface area contributed by atoms with Crippen molar-refractivity contribution in [3.05, 3.63) is 65.2 Å². The van der Waals surface area contributed by atoms with Crippen LogP contribution in [0.3, 0.4) is 0 Å². The zero-order valence-corrected chi connectivity index (χ0v) is 22.8. The second kappa shape index (κ2) is 11.9. The van der Waals surface area contributed by atoms with Crippen LogP contribution in [0.5, 0.6) is 0 Å². The Morgan fingerprint density at radius 3 is 2.08 bits per heavy atom. The molecule has 1 aliphatic rings. The molecule has 8 heteroatoms. The molecule has 196 valence electrons. The van der Waals surface area contributed by atoms with Gasteiger partial charge in [-0.25, -0.2) is 8.42 Å². The van der Waals surface area contributed by atoms with Gasteiger partial charge in [0.2, 0.25) is 21.8 Å². The van der Waals surface area contributed by atoms with Gasteiger partial charge in [0, 0.05) is 12.6 Å². The third-order valence-corrected chi connectivity index (χ3v) is 8.01.